The van der Waals surface area contributed by atoms with Crippen LogP contribution < -0.4 is 0 Å². The van der Waals surface area contributed by atoms with Gasteiger partial charge in [-0.1, -0.05) is 36.4 Å². The molecule has 0 saturated carbocycles. The van der Waals surface area contributed by atoms with Crippen molar-refractivity contribution in [3.63, 3.8) is 0 Å². The molecule has 2 saturated heterocycles. The molecule has 2 heterocycles. The Balaban J connectivity index is 1.60. The number of rotatable bonds is 3. The Hall–Kier alpha value is -3.03. The highest BCUT2D eigenvalue weighted by atomic mass is 19.4. The fourth-order valence-electron chi connectivity index (χ4n) is 4.85. The molecule has 2 aliphatic rings. The number of carbonyl (C=O) groups excluding carboxylic acids is 2. The molecular formula is C24H26F3N3O2. The van der Waals surface area contributed by atoms with Gasteiger partial charge in [0.15, 0.2) is 0 Å². The smallest absolute Gasteiger partial charge is 0.335 e. The summed E-state index contributed by atoms with van der Waals surface area (Å²) in [5.74, 6) is 0.109. The lowest BCUT2D eigenvalue weighted by Crippen LogP contribution is -2.57. The Kier molecular flexibility index (Phi) is 5.88. The first-order chi connectivity index (χ1) is 15.2. The molecule has 0 aromatic heterocycles. The van der Waals surface area contributed by atoms with Gasteiger partial charge in [0.2, 0.25) is 5.91 Å². The number of alkyl halides is 3. The average molecular weight is 445 g/mol. The number of amides is 3. The van der Waals surface area contributed by atoms with Crippen molar-refractivity contribution in [2.24, 2.45) is 0 Å². The first-order valence-corrected chi connectivity index (χ1v) is 10.7. The van der Waals surface area contributed by atoms with E-state index in [-0.39, 0.29) is 30.6 Å². The predicted octanol–water partition coefficient (Wildman–Crippen LogP) is 4.61. The van der Waals surface area contributed by atoms with Crippen LogP contribution in [0.1, 0.15) is 41.1 Å². The third-order valence-corrected chi connectivity index (χ3v) is 6.41. The first-order valence-electron chi connectivity index (χ1n) is 10.7. The van der Waals surface area contributed by atoms with Crippen molar-refractivity contribution < 1.29 is 22.8 Å². The van der Waals surface area contributed by atoms with Crippen LogP contribution in [0.15, 0.2) is 48.5 Å². The van der Waals surface area contributed by atoms with E-state index in [1.807, 2.05) is 36.1 Å². The molecule has 0 bridgehead atoms. The SMILES string of the molecule is Cc1ccccc1C1C2CCC(=O)N2CCN1C(=O)N(C)Cc1cccc(C(F)(F)F)c1. The third kappa shape index (κ3) is 4.18. The largest absolute Gasteiger partial charge is 0.416 e. The molecule has 170 valence electrons. The number of halogens is 3. The maximum absolute atomic E-state index is 13.5. The van der Waals surface area contributed by atoms with Crippen LogP contribution in [0.25, 0.3) is 0 Å². The van der Waals surface area contributed by atoms with Crippen LogP contribution in [0.5, 0.6) is 0 Å². The van der Waals surface area contributed by atoms with Gasteiger partial charge in [-0.25, -0.2) is 4.79 Å². The van der Waals surface area contributed by atoms with Gasteiger partial charge in [0.25, 0.3) is 0 Å². The molecule has 3 amide bonds. The number of urea groups is 1. The lowest BCUT2D eigenvalue weighted by molar-refractivity contribution is -0.137. The van der Waals surface area contributed by atoms with Gasteiger partial charge in [0.05, 0.1) is 17.6 Å². The number of hydrogen-bond acceptors (Lipinski definition) is 2. The molecule has 8 heteroatoms. The van der Waals surface area contributed by atoms with Crippen molar-refractivity contribution in [1.82, 2.24) is 14.7 Å². The van der Waals surface area contributed by atoms with E-state index in [9.17, 15) is 22.8 Å². The quantitative estimate of drug-likeness (QED) is 0.693. The molecule has 2 aromatic carbocycles. The molecule has 2 aromatic rings. The number of hydrogen-bond donors (Lipinski definition) is 0. The molecule has 2 unspecified atom stereocenters. The predicted molar refractivity (Wildman–Crippen MR) is 114 cm³/mol. The van der Waals surface area contributed by atoms with Crippen LogP contribution in [-0.4, -0.2) is 52.8 Å². The number of carbonyl (C=O) groups is 2. The third-order valence-electron chi connectivity index (χ3n) is 6.41. The standard InChI is InChI=1S/C24H26F3N3O2/c1-16-6-3-4-9-19(16)22-20-10-11-21(31)29(20)12-13-30(22)23(32)28(2)15-17-7-5-8-18(14-17)24(25,26)27/h3-9,14,20,22H,10-13,15H2,1-2H3. The summed E-state index contributed by atoms with van der Waals surface area (Å²) < 4.78 is 39.2. The number of piperazine rings is 1. The Bertz CT molecular complexity index is 1020. The highest BCUT2D eigenvalue weighted by Gasteiger charge is 2.45. The Labute approximate surface area is 185 Å². The molecular weight excluding hydrogens is 419 g/mol. The zero-order chi connectivity index (χ0) is 23.0. The van der Waals surface area contributed by atoms with Gasteiger partial charge in [0.1, 0.15) is 0 Å². The van der Waals surface area contributed by atoms with Crippen molar-refractivity contribution in [2.45, 2.75) is 44.6 Å². The van der Waals surface area contributed by atoms with Gasteiger partial charge in [-0.3, -0.25) is 4.79 Å². The van der Waals surface area contributed by atoms with Crippen LogP contribution in [0, 0.1) is 6.92 Å². The van der Waals surface area contributed by atoms with E-state index in [1.165, 1.54) is 11.0 Å². The molecule has 0 spiro atoms. The lowest BCUT2D eigenvalue weighted by Gasteiger charge is -2.46. The van der Waals surface area contributed by atoms with E-state index in [0.717, 1.165) is 23.3 Å². The van der Waals surface area contributed by atoms with Crippen LogP contribution in [0.4, 0.5) is 18.0 Å². The van der Waals surface area contributed by atoms with Gasteiger partial charge in [-0.05, 0) is 42.2 Å². The van der Waals surface area contributed by atoms with E-state index < -0.39 is 11.7 Å². The molecule has 5 nitrogen and oxygen atoms in total. The molecule has 2 fully saturated rings. The topological polar surface area (TPSA) is 43.9 Å². The van der Waals surface area contributed by atoms with Crippen LogP contribution >= 0.6 is 0 Å². The van der Waals surface area contributed by atoms with Crippen LogP contribution in [0.2, 0.25) is 0 Å². The number of fused-ring (bicyclic) bond motifs is 1. The van der Waals surface area contributed by atoms with Crippen molar-refractivity contribution in [3.05, 3.63) is 70.8 Å². The maximum atomic E-state index is 13.5. The van der Waals surface area contributed by atoms with Gasteiger partial charge in [0, 0.05) is 33.1 Å². The minimum atomic E-state index is -4.43. The van der Waals surface area contributed by atoms with Gasteiger partial charge < -0.3 is 14.7 Å². The second kappa shape index (κ2) is 8.48. The first kappa shape index (κ1) is 22.2. The molecule has 0 N–H and O–H groups in total. The van der Waals surface area contributed by atoms with Crippen LogP contribution in [0.3, 0.4) is 0 Å². The molecule has 2 atom stereocenters. The van der Waals surface area contributed by atoms with Gasteiger partial charge in [-0.15, -0.1) is 0 Å². The van der Waals surface area contributed by atoms with E-state index in [4.69, 9.17) is 0 Å². The highest BCUT2D eigenvalue weighted by molar-refractivity contribution is 5.81. The zero-order valence-corrected chi connectivity index (χ0v) is 18.1. The van der Waals surface area contributed by atoms with E-state index in [0.29, 0.717) is 31.5 Å². The normalized spacial score (nSPS) is 21.0. The summed E-state index contributed by atoms with van der Waals surface area (Å²) in [5.41, 5.74) is 1.72. The summed E-state index contributed by atoms with van der Waals surface area (Å²) in [6.07, 6.45) is -3.28. The zero-order valence-electron chi connectivity index (χ0n) is 18.1. The second-order valence-electron chi connectivity index (χ2n) is 8.52. The van der Waals surface area contributed by atoms with Gasteiger partial charge in [-0.2, -0.15) is 13.2 Å². The summed E-state index contributed by atoms with van der Waals surface area (Å²) in [6.45, 7) is 2.90. The van der Waals surface area contributed by atoms with Gasteiger partial charge >= 0.3 is 12.2 Å². The van der Waals surface area contributed by atoms with Crippen molar-refractivity contribution in [2.75, 3.05) is 20.1 Å². The number of benzene rings is 2. The Morgan fingerprint density at radius 2 is 1.88 bits per heavy atom. The summed E-state index contributed by atoms with van der Waals surface area (Å²) in [7, 11) is 1.60. The monoisotopic (exact) mass is 445 g/mol. The Morgan fingerprint density at radius 3 is 2.59 bits per heavy atom. The number of aryl methyl sites for hydroxylation is 1. The minimum Gasteiger partial charge on any atom is -0.335 e. The lowest BCUT2D eigenvalue weighted by atomic mass is 9.91. The Morgan fingerprint density at radius 1 is 1.12 bits per heavy atom. The summed E-state index contributed by atoms with van der Waals surface area (Å²) >= 11 is 0. The number of nitrogens with zero attached hydrogens (tertiary/aromatic N) is 3. The molecule has 0 radical (unpaired) electrons. The summed E-state index contributed by atoms with van der Waals surface area (Å²) in [5, 5.41) is 0. The average Bonchev–Trinajstić information content (AvgIpc) is 3.13. The molecule has 0 aliphatic carbocycles. The van der Waals surface area contributed by atoms with Crippen LogP contribution in [-0.2, 0) is 17.5 Å². The highest BCUT2D eigenvalue weighted by Crippen LogP contribution is 2.39. The summed E-state index contributed by atoms with van der Waals surface area (Å²) in [4.78, 5) is 30.9. The molecule has 2 aliphatic heterocycles. The van der Waals surface area contributed by atoms with E-state index in [2.05, 4.69) is 0 Å². The van der Waals surface area contributed by atoms with E-state index >= 15 is 0 Å². The maximum Gasteiger partial charge on any atom is 0.416 e. The van der Waals surface area contributed by atoms with Crippen molar-refractivity contribution >= 4 is 11.9 Å². The van der Waals surface area contributed by atoms with Crippen molar-refractivity contribution in [3.8, 4) is 0 Å². The molecule has 4 rings (SSSR count). The minimum absolute atomic E-state index is 0.0626. The van der Waals surface area contributed by atoms with Crippen molar-refractivity contribution in [1.29, 1.82) is 0 Å². The second-order valence-corrected chi connectivity index (χ2v) is 8.52. The fraction of sp³-hybridized carbons (Fsp3) is 0.417. The fourth-order valence-corrected chi connectivity index (χ4v) is 4.85. The van der Waals surface area contributed by atoms with E-state index in [1.54, 1.807) is 18.0 Å². The summed E-state index contributed by atoms with van der Waals surface area (Å²) in [6, 6.07) is 12.2. The molecule has 32 heavy (non-hydrogen) atoms.